The summed E-state index contributed by atoms with van der Waals surface area (Å²) in [5.41, 5.74) is 2.94. The number of carbonyl (C=O) groups excluding carboxylic acids is 1. The number of carbonyl (C=O) groups is 1. The fraction of sp³-hybridized carbons (Fsp3) is 0.368. The van der Waals surface area contributed by atoms with Crippen LogP contribution in [0.1, 0.15) is 28.0 Å². The van der Waals surface area contributed by atoms with Gasteiger partial charge in [0.2, 0.25) is 0 Å². The van der Waals surface area contributed by atoms with Crippen LogP contribution in [-0.2, 0) is 17.6 Å². The van der Waals surface area contributed by atoms with Crippen LogP contribution >= 0.6 is 0 Å². The van der Waals surface area contributed by atoms with E-state index in [1.165, 1.54) is 5.56 Å². The molecule has 0 aliphatic carbocycles. The summed E-state index contributed by atoms with van der Waals surface area (Å²) in [6.45, 7) is 2.21. The number of hydrogen-bond donors (Lipinski definition) is 1. The first-order valence-corrected chi connectivity index (χ1v) is 8.16. The Kier molecular flexibility index (Phi) is 5.37. The lowest BCUT2D eigenvalue weighted by Crippen LogP contribution is -2.30. The van der Waals surface area contributed by atoms with Gasteiger partial charge in [-0.05, 0) is 36.5 Å². The van der Waals surface area contributed by atoms with Crippen molar-refractivity contribution in [2.24, 2.45) is 5.92 Å². The molecular formula is C19H22N2O2. The van der Waals surface area contributed by atoms with Crippen molar-refractivity contribution in [1.82, 2.24) is 10.3 Å². The van der Waals surface area contributed by atoms with Crippen molar-refractivity contribution in [1.29, 1.82) is 0 Å². The molecule has 1 aromatic carbocycles. The van der Waals surface area contributed by atoms with Crippen LogP contribution in [0.4, 0.5) is 0 Å². The SMILES string of the molecule is O=C(NCC1CCOC1)c1ccc(CCc2ccccc2)cn1. The van der Waals surface area contributed by atoms with E-state index in [0.717, 1.165) is 38.0 Å². The van der Waals surface area contributed by atoms with Crippen molar-refractivity contribution in [3.63, 3.8) is 0 Å². The monoisotopic (exact) mass is 310 g/mol. The van der Waals surface area contributed by atoms with E-state index in [1.807, 2.05) is 12.1 Å². The number of rotatable bonds is 6. The maximum Gasteiger partial charge on any atom is 0.269 e. The predicted molar refractivity (Wildman–Crippen MR) is 89.3 cm³/mol. The van der Waals surface area contributed by atoms with E-state index < -0.39 is 0 Å². The maximum atomic E-state index is 12.1. The Hall–Kier alpha value is -2.20. The van der Waals surface area contributed by atoms with E-state index >= 15 is 0 Å². The lowest BCUT2D eigenvalue weighted by Gasteiger charge is -2.09. The van der Waals surface area contributed by atoms with Crippen molar-refractivity contribution in [3.05, 3.63) is 65.5 Å². The van der Waals surface area contributed by atoms with Crippen molar-refractivity contribution >= 4 is 5.91 Å². The summed E-state index contributed by atoms with van der Waals surface area (Å²) in [5, 5.41) is 2.94. The van der Waals surface area contributed by atoms with Crippen molar-refractivity contribution < 1.29 is 9.53 Å². The molecule has 4 nitrogen and oxygen atoms in total. The minimum absolute atomic E-state index is 0.105. The molecule has 0 spiro atoms. The predicted octanol–water partition coefficient (Wildman–Crippen LogP) is 2.63. The minimum atomic E-state index is -0.105. The number of aryl methyl sites for hydroxylation is 2. The molecule has 2 heterocycles. The van der Waals surface area contributed by atoms with E-state index in [-0.39, 0.29) is 5.91 Å². The average Bonchev–Trinajstić information content (AvgIpc) is 3.13. The van der Waals surface area contributed by atoms with Crippen LogP contribution in [0, 0.1) is 5.92 Å². The van der Waals surface area contributed by atoms with Crippen molar-refractivity contribution in [2.45, 2.75) is 19.3 Å². The number of ether oxygens (including phenoxy) is 1. The minimum Gasteiger partial charge on any atom is -0.381 e. The number of amides is 1. The summed E-state index contributed by atoms with van der Waals surface area (Å²) in [6, 6.07) is 14.2. The second-order valence-corrected chi connectivity index (χ2v) is 5.98. The van der Waals surface area contributed by atoms with Crippen molar-refractivity contribution in [2.75, 3.05) is 19.8 Å². The molecule has 1 unspecified atom stereocenters. The van der Waals surface area contributed by atoms with Gasteiger partial charge in [0.05, 0.1) is 6.61 Å². The van der Waals surface area contributed by atoms with Crippen LogP contribution in [0.3, 0.4) is 0 Å². The Morgan fingerprint density at radius 2 is 1.96 bits per heavy atom. The molecule has 1 aliphatic heterocycles. The van der Waals surface area contributed by atoms with E-state index in [2.05, 4.69) is 34.6 Å². The van der Waals surface area contributed by atoms with E-state index in [4.69, 9.17) is 4.74 Å². The third-order valence-corrected chi connectivity index (χ3v) is 4.18. The number of nitrogens with zero attached hydrogens (tertiary/aromatic N) is 1. The van der Waals surface area contributed by atoms with Crippen LogP contribution in [-0.4, -0.2) is 30.6 Å². The lowest BCUT2D eigenvalue weighted by molar-refractivity contribution is 0.0940. The Bertz CT molecular complexity index is 620. The summed E-state index contributed by atoms with van der Waals surface area (Å²) in [7, 11) is 0. The number of nitrogens with one attached hydrogen (secondary N) is 1. The normalized spacial score (nSPS) is 17.1. The van der Waals surface area contributed by atoms with Crippen LogP contribution in [0.2, 0.25) is 0 Å². The Balaban J connectivity index is 1.49. The molecule has 4 heteroatoms. The standard InChI is InChI=1S/C19H22N2O2/c22-19(21-13-17-10-11-23-14-17)18-9-8-16(12-20-18)7-6-15-4-2-1-3-5-15/h1-5,8-9,12,17H,6-7,10-11,13-14H2,(H,21,22). The Morgan fingerprint density at radius 3 is 2.65 bits per heavy atom. The highest BCUT2D eigenvalue weighted by Crippen LogP contribution is 2.11. The summed E-state index contributed by atoms with van der Waals surface area (Å²) in [4.78, 5) is 16.4. The van der Waals surface area contributed by atoms with Gasteiger partial charge in [0.15, 0.2) is 0 Å². The Labute approximate surface area is 136 Å². The molecule has 1 aromatic heterocycles. The summed E-state index contributed by atoms with van der Waals surface area (Å²) in [5.74, 6) is 0.329. The highest BCUT2D eigenvalue weighted by molar-refractivity contribution is 5.92. The highest BCUT2D eigenvalue weighted by atomic mass is 16.5. The van der Waals surface area contributed by atoms with Gasteiger partial charge in [-0.2, -0.15) is 0 Å². The first kappa shape index (κ1) is 15.7. The van der Waals surface area contributed by atoms with Crippen LogP contribution in [0.25, 0.3) is 0 Å². The number of hydrogen-bond acceptors (Lipinski definition) is 3. The fourth-order valence-corrected chi connectivity index (χ4v) is 2.71. The molecule has 2 aromatic rings. The van der Waals surface area contributed by atoms with Gasteiger partial charge >= 0.3 is 0 Å². The largest absolute Gasteiger partial charge is 0.381 e. The van der Waals surface area contributed by atoms with Crippen LogP contribution < -0.4 is 5.32 Å². The highest BCUT2D eigenvalue weighted by Gasteiger charge is 2.17. The molecule has 1 fully saturated rings. The van der Waals surface area contributed by atoms with Crippen LogP contribution in [0.5, 0.6) is 0 Å². The summed E-state index contributed by atoms with van der Waals surface area (Å²) in [6.07, 6.45) is 4.73. The van der Waals surface area contributed by atoms with Gasteiger partial charge in [-0.3, -0.25) is 9.78 Å². The molecule has 0 saturated carbocycles. The van der Waals surface area contributed by atoms with Gasteiger partial charge in [0.25, 0.3) is 5.91 Å². The van der Waals surface area contributed by atoms with Gasteiger partial charge < -0.3 is 10.1 Å². The van der Waals surface area contributed by atoms with E-state index in [1.54, 1.807) is 12.3 Å². The number of pyridine rings is 1. The zero-order valence-electron chi connectivity index (χ0n) is 13.2. The van der Waals surface area contributed by atoms with Gasteiger partial charge in [0.1, 0.15) is 5.69 Å². The average molecular weight is 310 g/mol. The van der Waals surface area contributed by atoms with E-state index in [0.29, 0.717) is 18.2 Å². The topological polar surface area (TPSA) is 51.2 Å². The molecule has 0 radical (unpaired) electrons. The number of benzene rings is 1. The van der Waals surface area contributed by atoms with Gasteiger partial charge in [0, 0.05) is 25.3 Å². The van der Waals surface area contributed by atoms with Crippen molar-refractivity contribution in [3.8, 4) is 0 Å². The smallest absolute Gasteiger partial charge is 0.269 e. The maximum absolute atomic E-state index is 12.1. The summed E-state index contributed by atoms with van der Waals surface area (Å²) < 4.78 is 5.31. The molecule has 1 amide bonds. The van der Waals surface area contributed by atoms with Gasteiger partial charge in [-0.15, -0.1) is 0 Å². The summed E-state index contributed by atoms with van der Waals surface area (Å²) >= 11 is 0. The first-order valence-electron chi connectivity index (χ1n) is 8.16. The third kappa shape index (κ3) is 4.63. The second-order valence-electron chi connectivity index (χ2n) is 5.98. The second kappa shape index (κ2) is 7.88. The lowest BCUT2D eigenvalue weighted by atomic mass is 10.1. The zero-order valence-corrected chi connectivity index (χ0v) is 13.2. The molecular weight excluding hydrogens is 288 g/mol. The molecule has 1 saturated heterocycles. The first-order chi connectivity index (χ1) is 11.3. The quantitative estimate of drug-likeness (QED) is 0.892. The molecule has 120 valence electrons. The van der Waals surface area contributed by atoms with Crippen LogP contribution in [0.15, 0.2) is 48.7 Å². The van der Waals surface area contributed by atoms with E-state index in [9.17, 15) is 4.79 Å². The molecule has 1 aliphatic rings. The molecule has 1 atom stereocenters. The fourth-order valence-electron chi connectivity index (χ4n) is 2.71. The molecule has 1 N–H and O–H groups in total. The zero-order chi connectivity index (χ0) is 15.9. The van der Waals surface area contributed by atoms with Gasteiger partial charge in [-0.25, -0.2) is 0 Å². The number of aromatic nitrogens is 1. The molecule has 3 rings (SSSR count). The third-order valence-electron chi connectivity index (χ3n) is 4.18. The molecule has 23 heavy (non-hydrogen) atoms. The molecule has 0 bridgehead atoms. The van der Waals surface area contributed by atoms with Gasteiger partial charge in [-0.1, -0.05) is 36.4 Å². The Morgan fingerprint density at radius 1 is 1.13 bits per heavy atom.